The van der Waals surface area contributed by atoms with Crippen LogP contribution in [0.5, 0.6) is 0 Å². The molecule has 4 unspecified atom stereocenters. The summed E-state index contributed by atoms with van der Waals surface area (Å²) in [5.74, 6) is 1.52. The van der Waals surface area contributed by atoms with E-state index in [1.165, 1.54) is 10.0 Å². The molecule has 2 nitrogen and oxygen atoms in total. The van der Waals surface area contributed by atoms with Crippen molar-refractivity contribution in [2.45, 2.75) is 32.9 Å². The van der Waals surface area contributed by atoms with Crippen LogP contribution in [0.2, 0.25) is 0 Å². The zero-order valence-corrected chi connectivity index (χ0v) is 13.0. The van der Waals surface area contributed by atoms with Gasteiger partial charge < -0.3 is 5.73 Å². The van der Waals surface area contributed by atoms with E-state index in [-0.39, 0.29) is 6.04 Å². The zero-order valence-electron chi connectivity index (χ0n) is 11.4. The second-order valence-corrected chi connectivity index (χ2v) is 6.59. The first-order valence-electron chi connectivity index (χ1n) is 6.74. The van der Waals surface area contributed by atoms with Gasteiger partial charge in [-0.1, -0.05) is 48.0 Å². The minimum Gasteiger partial charge on any atom is -0.326 e. The predicted molar refractivity (Wildman–Crippen MR) is 80.4 cm³/mol. The number of nitrogens with zero attached hydrogens (tertiary/aromatic N) is 1. The van der Waals surface area contributed by atoms with E-state index in [1.54, 1.807) is 0 Å². The predicted octanol–water partition coefficient (Wildman–Crippen LogP) is 3.43. The summed E-state index contributed by atoms with van der Waals surface area (Å²) in [6.07, 6.45) is 0. The van der Waals surface area contributed by atoms with E-state index in [2.05, 4.69) is 65.9 Å². The number of hydrogen-bond donors (Lipinski definition) is 1. The van der Waals surface area contributed by atoms with Crippen molar-refractivity contribution in [3.05, 3.63) is 34.3 Å². The van der Waals surface area contributed by atoms with Gasteiger partial charge >= 0.3 is 0 Å². The van der Waals surface area contributed by atoms with E-state index in [0.29, 0.717) is 6.04 Å². The Balaban J connectivity index is 2.27. The summed E-state index contributed by atoms with van der Waals surface area (Å²) < 4.78 is 1.17. The van der Waals surface area contributed by atoms with Gasteiger partial charge in [0.25, 0.3) is 0 Å². The quantitative estimate of drug-likeness (QED) is 0.927. The Bertz CT molecular complexity index is 395. The van der Waals surface area contributed by atoms with Crippen molar-refractivity contribution in [3.63, 3.8) is 0 Å². The maximum Gasteiger partial charge on any atom is 0.0507 e. The Hall–Kier alpha value is -0.380. The molecule has 0 saturated carbocycles. The highest BCUT2D eigenvalue weighted by atomic mass is 79.9. The maximum atomic E-state index is 6.25. The van der Waals surface area contributed by atoms with Gasteiger partial charge in [0.05, 0.1) is 6.04 Å². The lowest BCUT2D eigenvalue weighted by Gasteiger charge is -2.32. The Morgan fingerprint density at radius 3 is 2.28 bits per heavy atom. The van der Waals surface area contributed by atoms with Crippen molar-refractivity contribution < 1.29 is 0 Å². The summed E-state index contributed by atoms with van der Waals surface area (Å²) in [6, 6.07) is 8.90. The lowest BCUT2D eigenvalue weighted by Crippen LogP contribution is -2.38. The van der Waals surface area contributed by atoms with Crippen LogP contribution in [0.4, 0.5) is 0 Å². The average Bonchev–Trinajstić information content (AvgIpc) is 2.61. The number of rotatable bonds is 3. The molecule has 1 aromatic carbocycles. The van der Waals surface area contributed by atoms with Gasteiger partial charge in [-0.15, -0.1) is 0 Å². The molecule has 0 spiro atoms. The Morgan fingerprint density at radius 2 is 1.78 bits per heavy atom. The monoisotopic (exact) mass is 310 g/mol. The molecule has 0 aliphatic carbocycles. The molecule has 0 bridgehead atoms. The fourth-order valence-corrected chi connectivity index (χ4v) is 3.45. The molecule has 1 aliphatic rings. The summed E-state index contributed by atoms with van der Waals surface area (Å²) in [6.45, 7) is 9.08. The molecular weight excluding hydrogens is 288 g/mol. The van der Waals surface area contributed by atoms with Crippen molar-refractivity contribution in [3.8, 4) is 0 Å². The van der Waals surface area contributed by atoms with Gasteiger partial charge in [-0.3, -0.25) is 4.90 Å². The lowest BCUT2D eigenvalue weighted by atomic mass is 9.99. The van der Waals surface area contributed by atoms with E-state index in [0.717, 1.165) is 24.9 Å². The molecule has 3 heteroatoms. The molecule has 1 fully saturated rings. The second kappa shape index (κ2) is 5.72. The third-order valence-electron chi connectivity index (χ3n) is 4.13. The molecule has 100 valence electrons. The van der Waals surface area contributed by atoms with Crippen molar-refractivity contribution >= 4 is 15.9 Å². The van der Waals surface area contributed by atoms with Crippen LogP contribution < -0.4 is 5.73 Å². The van der Waals surface area contributed by atoms with Gasteiger partial charge in [0.2, 0.25) is 0 Å². The van der Waals surface area contributed by atoms with Crippen molar-refractivity contribution in [1.29, 1.82) is 0 Å². The fraction of sp³-hybridized carbons (Fsp3) is 0.600. The normalized spacial score (nSPS) is 28.3. The second-order valence-electron chi connectivity index (χ2n) is 5.73. The van der Waals surface area contributed by atoms with Crippen LogP contribution in [0.15, 0.2) is 28.7 Å². The molecule has 0 amide bonds. The first kappa shape index (κ1) is 14.0. The third-order valence-corrected chi connectivity index (χ3v) is 4.85. The summed E-state index contributed by atoms with van der Waals surface area (Å²) in [5.41, 5.74) is 7.56. The van der Waals surface area contributed by atoms with Crippen LogP contribution in [-0.2, 0) is 0 Å². The molecule has 0 aromatic heterocycles. The minimum absolute atomic E-state index is 0.140. The van der Waals surface area contributed by atoms with E-state index >= 15 is 0 Å². The lowest BCUT2D eigenvalue weighted by molar-refractivity contribution is 0.209. The van der Waals surface area contributed by atoms with Crippen LogP contribution in [0.3, 0.4) is 0 Å². The highest BCUT2D eigenvalue weighted by Crippen LogP contribution is 2.35. The van der Waals surface area contributed by atoms with Gasteiger partial charge in [0.15, 0.2) is 0 Å². The molecule has 1 aromatic rings. The highest BCUT2D eigenvalue weighted by molar-refractivity contribution is 9.10. The van der Waals surface area contributed by atoms with Crippen LogP contribution in [0, 0.1) is 11.8 Å². The molecule has 2 N–H and O–H groups in total. The van der Waals surface area contributed by atoms with Crippen LogP contribution in [-0.4, -0.2) is 24.0 Å². The van der Waals surface area contributed by atoms with E-state index in [9.17, 15) is 0 Å². The van der Waals surface area contributed by atoms with E-state index in [1.807, 2.05) is 0 Å². The topological polar surface area (TPSA) is 29.3 Å². The summed E-state index contributed by atoms with van der Waals surface area (Å²) >= 11 is 3.66. The van der Waals surface area contributed by atoms with Crippen LogP contribution >= 0.6 is 15.9 Å². The summed E-state index contributed by atoms with van der Waals surface area (Å²) in [7, 11) is 0. The van der Waals surface area contributed by atoms with Gasteiger partial charge in [-0.05, 0) is 30.4 Å². The highest BCUT2D eigenvalue weighted by Gasteiger charge is 2.34. The number of benzene rings is 1. The molecule has 1 aliphatic heterocycles. The van der Waals surface area contributed by atoms with E-state index in [4.69, 9.17) is 5.73 Å². The third kappa shape index (κ3) is 2.79. The molecule has 2 rings (SSSR count). The average molecular weight is 311 g/mol. The van der Waals surface area contributed by atoms with Gasteiger partial charge in [0, 0.05) is 23.6 Å². The Kier molecular flexibility index (Phi) is 4.46. The molecular formula is C15H23BrN2. The van der Waals surface area contributed by atoms with Gasteiger partial charge in [-0.2, -0.15) is 0 Å². The Labute approximate surface area is 119 Å². The standard InChI is InChI=1S/C15H23BrN2/c1-10-8-18(9-11(10)2)15(12(3)17)13-6-4-5-7-14(13)16/h4-7,10-12,15H,8-9,17H2,1-3H3. The number of nitrogens with two attached hydrogens (primary N) is 1. The number of halogens is 1. The van der Waals surface area contributed by atoms with Crippen LogP contribution in [0.25, 0.3) is 0 Å². The fourth-order valence-electron chi connectivity index (χ4n) is 2.93. The van der Waals surface area contributed by atoms with Crippen LogP contribution in [0.1, 0.15) is 32.4 Å². The van der Waals surface area contributed by atoms with Gasteiger partial charge in [0.1, 0.15) is 0 Å². The summed E-state index contributed by atoms with van der Waals surface area (Å²) in [4.78, 5) is 2.54. The first-order chi connectivity index (χ1) is 8.50. The summed E-state index contributed by atoms with van der Waals surface area (Å²) in [5, 5.41) is 0. The molecule has 1 heterocycles. The van der Waals surface area contributed by atoms with Crippen molar-refractivity contribution in [1.82, 2.24) is 4.90 Å². The number of likely N-dealkylation sites (tertiary alicyclic amines) is 1. The van der Waals surface area contributed by atoms with E-state index < -0.39 is 0 Å². The Morgan fingerprint density at radius 1 is 1.22 bits per heavy atom. The molecule has 4 atom stereocenters. The first-order valence-corrected chi connectivity index (χ1v) is 7.54. The molecule has 1 saturated heterocycles. The molecule has 18 heavy (non-hydrogen) atoms. The zero-order chi connectivity index (χ0) is 13.3. The largest absolute Gasteiger partial charge is 0.326 e. The SMILES string of the molecule is CC(N)C(c1ccccc1Br)N1CC(C)C(C)C1. The minimum atomic E-state index is 0.140. The molecule has 0 radical (unpaired) electrons. The smallest absolute Gasteiger partial charge is 0.0507 e. The maximum absolute atomic E-state index is 6.25. The van der Waals surface area contributed by atoms with Crippen molar-refractivity contribution in [2.75, 3.05) is 13.1 Å². The number of hydrogen-bond acceptors (Lipinski definition) is 2. The van der Waals surface area contributed by atoms with Gasteiger partial charge in [-0.25, -0.2) is 0 Å². The van der Waals surface area contributed by atoms with Crippen molar-refractivity contribution in [2.24, 2.45) is 17.6 Å².